The Kier molecular flexibility index (Phi) is 3.43. The zero-order chi connectivity index (χ0) is 12.6. The molecule has 0 radical (unpaired) electrons. The third kappa shape index (κ3) is 2.46. The molecule has 2 saturated heterocycles. The fraction of sp³-hybridized carbons (Fsp3) is 0.917. The molecule has 0 unspecified atom stereocenters. The predicted octanol–water partition coefficient (Wildman–Crippen LogP) is 1.25. The summed E-state index contributed by atoms with van der Waals surface area (Å²) in [6, 6.07) is 0. The van der Waals surface area contributed by atoms with Gasteiger partial charge >= 0.3 is 5.97 Å². The van der Waals surface area contributed by atoms with Crippen molar-refractivity contribution in [2.75, 3.05) is 7.11 Å². The summed E-state index contributed by atoms with van der Waals surface area (Å²) in [5, 5.41) is 0. The maximum atomic E-state index is 11.3. The molecule has 4 atom stereocenters. The number of hydrogen-bond acceptors (Lipinski definition) is 5. The third-order valence-corrected chi connectivity index (χ3v) is 3.24. The Morgan fingerprint density at radius 1 is 1.24 bits per heavy atom. The lowest BCUT2D eigenvalue weighted by Crippen LogP contribution is -2.31. The van der Waals surface area contributed by atoms with E-state index in [2.05, 4.69) is 4.74 Å². The van der Waals surface area contributed by atoms with Gasteiger partial charge in [-0.25, -0.2) is 0 Å². The van der Waals surface area contributed by atoms with Gasteiger partial charge in [-0.1, -0.05) is 6.92 Å². The Labute approximate surface area is 101 Å². The minimum absolute atomic E-state index is 0.00330. The van der Waals surface area contributed by atoms with Crippen molar-refractivity contribution in [2.45, 2.75) is 63.8 Å². The maximum absolute atomic E-state index is 11.3. The first-order valence-electron chi connectivity index (χ1n) is 6.04. The summed E-state index contributed by atoms with van der Waals surface area (Å²) in [4.78, 5) is 11.3. The smallest absolute Gasteiger partial charge is 0.308 e. The molecule has 5 nitrogen and oxygen atoms in total. The molecule has 0 N–H and O–H groups in total. The average Bonchev–Trinajstić information content (AvgIpc) is 2.73. The highest BCUT2D eigenvalue weighted by molar-refractivity contribution is 5.70. The minimum Gasteiger partial charge on any atom is -0.469 e. The van der Waals surface area contributed by atoms with E-state index in [0.29, 0.717) is 0 Å². The van der Waals surface area contributed by atoms with Crippen molar-refractivity contribution in [1.29, 1.82) is 0 Å². The van der Waals surface area contributed by atoms with Gasteiger partial charge < -0.3 is 18.9 Å². The van der Waals surface area contributed by atoms with Crippen LogP contribution in [0, 0.1) is 0 Å². The van der Waals surface area contributed by atoms with E-state index in [-0.39, 0.29) is 36.8 Å². The van der Waals surface area contributed by atoms with E-state index in [0.717, 1.165) is 6.42 Å². The molecular weight excluding hydrogens is 224 g/mol. The minimum atomic E-state index is -0.596. The summed E-state index contributed by atoms with van der Waals surface area (Å²) < 4.78 is 22.1. The summed E-state index contributed by atoms with van der Waals surface area (Å²) in [5.41, 5.74) is 0. The Balaban J connectivity index is 2.07. The summed E-state index contributed by atoms with van der Waals surface area (Å²) in [6.07, 6.45) is 0.542. The van der Waals surface area contributed by atoms with Gasteiger partial charge in [-0.05, 0) is 20.3 Å². The number of hydrogen-bond donors (Lipinski definition) is 0. The van der Waals surface area contributed by atoms with Crippen molar-refractivity contribution in [1.82, 2.24) is 0 Å². The van der Waals surface area contributed by atoms with Gasteiger partial charge in [0.15, 0.2) is 5.79 Å². The third-order valence-electron chi connectivity index (χ3n) is 3.24. The fourth-order valence-corrected chi connectivity index (χ4v) is 2.51. The molecule has 0 aromatic rings. The quantitative estimate of drug-likeness (QED) is 0.699. The first-order chi connectivity index (χ1) is 7.96. The van der Waals surface area contributed by atoms with Crippen LogP contribution in [-0.2, 0) is 23.7 Å². The highest BCUT2D eigenvalue weighted by Crippen LogP contribution is 2.40. The van der Waals surface area contributed by atoms with Crippen LogP contribution in [0.15, 0.2) is 0 Å². The van der Waals surface area contributed by atoms with Crippen molar-refractivity contribution < 1.29 is 23.7 Å². The van der Waals surface area contributed by atoms with Crippen LogP contribution in [0.4, 0.5) is 0 Å². The molecular formula is C12H20O5. The molecule has 98 valence electrons. The van der Waals surface area contributed by atoms with Crippen LogP contribution in [0.1, 0.15) is 33.6 Å². The molecule has 2 heterocycles. The van der Waals surface area contributed by atoms with Crippen molar-refractivity contribution in [3.63, 3.8) is 0 Å². The van der Waals surface area contributed by atoms with Gasteiger partial charge in [-0.3, -0.25) is 4.79 Å². The van der Waals surface area contributed by atoms with E-state index < -0.39 is 5.79 Å². The summed E-state index contributed by atoms with van der Waals surface area (Å²) >= 11 is 0. The molecule has 0 bridgehead atoms. The van der Waals surface area contributed by atoms with Gasteiger partial charge in [0.1, 0.15) is 12.2 Å². The molecule has 0 spiro atoms. The number of ether oxygens (including phenoxy) is 4. The van der Waals surface area contributed by atoms with Crippen LogP contribution in [0.2, 0.25) is 0 Å². The summed E-state index contributed by atoms with van der Waals surface area (Å²) in [6.45, 7) is 5.80. The SMILES string of the molecule is CC[C@H]1O[C@@H](CC(=O)OC)[C@@H]2OC(C)(C)O[C@@H]21. The number of methoxy groups -OCH3 is 1. The van der Waals surface area contributed by atoms with Gasteiger partial charge in [0.25, 0.3) is 0 Å². The van der Waals surface area contributed by atoms with E-state index in [4.69, 9.17) is 14.2 Å². The van der Waals surface area contributed by atoms with E-state index in [1.807, 2.05) is 20.8 Å². The average molecular weight is 244 g/mol. The highest BCUT2D eigenvalue weighted by atomic mass is 16.8. The van der Waals surface area contributed by atoms with Crippen LogP contribution < -0.4 is 0 Å². The lowest BCUT2D eigenvalue weighted by atomic mass is 10.0. The standard InChI is InChI=1S/C12H20O5/c1-5-7-10-11(17-12(2,3)16-10)8(15-7)6-9(13)14-4/h7-8,10-11H,5-6H2,1-4H3/t7-,8+,10-,11+/m1/s1. The van der Waals surface area contributed by atoms with Gasteiger partial charge in [-0.15, -0.1) is 0 Å². The molecule has 2 fully saturated rings. The maximum Gasteiger partial charge on any atom is 0.308 e. The fourth-order valence-electron chi connectivity index (χ4n) is 2.51. The normalized spacial score (nSPS) is 39.1. The monoisotopic (exact) mass is 244 g/mol. The number of carbonyl (C=O) groups excluding carboxylic acids is 1. The molecule has 2 rings (SSSR count). The largest absolute Gasteiger partial charge is 0.469 e. The number of esters is 1. The van der Waals surface area contributed by atoms with Crippen LogP contribution in [0.5, 0.6) is 0 Å². The first kappa shape index (κ1) is 12.8. The Morgan fingerprint density at radius 3 is 2.35 bits per heavy atom. The highest BCUT2D eigenvalue weighted by Gasteiger charge is 2.54. The van der Waals surface area contributed by atoms with Crippen molar-refractivity contribution >= 4 is 5.97 Å². The van der Waals surface area contributed by atoms with E-state index in [1.165, 1.54) is 7.11 Å². The summed E-state index contributed by atoms with van der Waals surface area (Å²) in [7, 11) is 1.38. The van der Waals surface area contributed by atoms with Crippen LogP contribution in [0.25, 0.3) is 0 Å². The van der Waals surface area contributed by atoms with Gasteiger partial charge in [0.2, 0.25) is 0 Å². The zero-order valence-electron chi connectivity index (χ0n) is 10.8. The van der Waals surface area contributed by atoms with Crippen LogP contribution in [0.3, 0.4) is 0 Å². The van der Waals surface area contributed by atoms with Crippen molar-refractivity contribution in [2.24, 2.45) is 0 Å². The lowest BCUT2D eigenvalue weighted by Gasteiger charge is -2.23. The van der Waals surface area contributed by atoms with Crippen molar-refractivity contribution in [3.8, 4) is 0 Å². The number of rotatable bonds is 3. The predicted molar refractivity (Wildman–Crippen MR) is 59.4 cm³/mol. The molecule has 0 saturated carbocycles. The second-order valence-electron chi connectivity index (χ2n) is 4.97. The first-order valence-corrected chi connectivity index (χ1v) is 6.04. The van der Waals surface area contributed by atoms with Gasteiger partial charge in [-0.2, -0.15) is 0 Å². The number of carbonyl (C=O) groups is 1. The Morgan fingerprint density at radius 2 is 1.82 bits per heavy atom. The zero-order valence-corrected chi connectivity index (χ0v) is 10.8. The second kappa shape index (κ2) is 4.55. The Hall–Kier alpha value is -0.650. The molecule has 2 aliphatic rings. The molecule has 0 amide bonds. The van der Waals surface area contributed by atoms with E-state index >= 15 is 0 Å². The molecule has 0 aromatic carbocycles. The van der Waals surface area contributed by atoms with E-state index in [1.54, 1.807) is 0 Å². The molecule has 0 aliphatic carbocycles. The van der Waals surface area contributed by atoms with Gasteiger partial charge in [0.05, 0.1) is 25.7 Å². The molecule has 17 heavy (non-hydrogen) atoms. The molecule has 0 aromatic heterocycles. The molecule has 5 heteroatoms. The van der Waals surface area contributed by atoms with E-state index in [9.17, 15) is 4.79 Å². The van der Waals surface area contributed by atoms with Gasteiger partial charge in [0, 0.05) is 0 Å². The molecule has 2 aliphatic heterocycles. The van der Waals surface area contributed by atoms with Crippen LogP contribution in [-0.4, -0.2) is 43.3 Å². The number of fused-ring (bicyclic) bond motifs is 1. The van der Waals surface area contributed by atoms with Crippen molar-refractivity contribution in [3.05, 3.63) is 0 Å². The topological polar surface area (TPSA) is 54.0 Å². The summed E-state index contributed by atoms with van der Waals surface area (Å²) in [5.74, 6) is -0.875. The lowest BCUT2D eigenvalue weighted by molar-refractivity contribution is -0.189. The van der Waals surface area contributed by atoms with Crippen LogP contribution >= 0.6 is 0 Å². The second-order valence-corrected chi connectivity index (χ2v) is 4.97. The Bertz CT molecular complexity index is 301.